The molecule has 0 saturated heterocycles. The summed E-state index contributed by atoms with van der Waals surface area (Å²) in [5.41, 5.74) is 6.98. The molecule has 18 heavy (non-hydrogen) atoms. The largest absolute Gasteiger partial charge is 0.490 e. The molecule has 0 heterocycles. The van der Waals surface area contributed by atoms with Crippen molar-refractivity contribution in [1.82, 2.24) is 0 Å². The molecule has 0 bridgehead atoms. The lowest BCUT2D eigenvalue weighted by atomic mass is 9.97. The third-order valence-electron chi connectivity index (χ3n) is 3.81. The van der Waals surface area contributed by atoms with Crippen LogP contribution in [0.3, 0.4) is 0 Å². The fraction of sp³-hybridized carbons (Fsp3) is 0.600. The zero-order valence-corrected chi connectivity index (χ0v) is 11.7. The maximum atomic E-state index is 6.19. The maximum absolute atomic E-state index is 6.19. The van der Waals surface area contributed by atoms with Crippen LogP contribution >= 0.6 is 11.6 Å². The van der Waals surface area contributed by atoms with E-state index in [0.717, 1.165) is 29.3 Å². The van der Waals surface area contributed by atoms with Crippen LogP contribution in [-0.2, 0) is 0 Å². The highest BCUT2D eigenvalue weighted by Crippen LogP contribution is 2.29. The molecular weight excluding hydrogens is 246 g/mol. The van der Waals surface area contributed by atoms with E-state index in [1.54, 1.807) is 0 Å². The fourth-order valence-corrected chi connectivity index (χ4v) is 2.91. The van der Waals surface area contributed by atoms with E-state index in [9.17, 15) is 0 Å². The maximum Gasteiger partial charge on any atom is 0.122 e. The Morgan fingerprint density at radius 3 is 2.78 bits per heavy atom. The lowest BCUT2D eigenvalue weighted by Crippen LogP contribution is -2.31. The summed E-state index contributed by atoms with van der Waals surface area (Å²) in [6.45, 7) is 2.76. The van der Waals surface area contributed by atoms with Crippen molar-refractivity contribution in [3.8, 4) is 5.75 Å². The minimum absolute atomic E-state index is 0.261. The number of hydrogen-bond donors (Lipinski definition) is 1. The summed E-state index contributed by atoms with van der Waals surface area (Å²) in [6.07, 6.45) is 6.39. The van der Waals surface area contributed by atoms with Gasteiger partial charge in [0.25, 0.3) is 0 Å². The molecule has 2 atom stereocenters. The molecule has 1 aromatic carbocycles. The first-order valence-electron chi connectivity index (χ1n) is 6.83. The van der Waals surface area contributed by atoms with Gasteiger partial charge in [-0.15, -0.1) is 0 Å². The lowest BCUT2D eigenvalue weighted by Gasteiger charge is -2.25. The third-order valence-corrected chi connectivity index (χ3v) is 4.04. The van der Waals surface area contributed by atoms with Crippen LogP contribution in [0.5, 0.6) is 5.75 Å². The molecule has 0 radical (unpaired) electrons. The molecular formula is C15H22ClNO. The van der Waals surface area contributed by atoms with E-state index in [0.29, 0.717) is 5.92 Å². The number of aryl methyl sites for hydroxylation is 1. The van der Waals surface area contributed by atoms with Gasteiger partial charge in [-0.1, -0.05) is 24.4 Å². The van der Waals surface area contributed by atoms with Gasteiger partial charge in [-0.3, -0.25) is 0 Å². The molecule has 1 aromatic rings. The number of ether oxygens (including phenoxy) is 1. The second-order valence-electron chi connectivity index (χ2n) is 5.20. The molecule has 1 saturated carbocycles. The highest BCUT2D eigenvalue weighted by Gasteiger charge is 2.24. The zero-order chi connectivity index (χ0) is 13.0. The number of hydrogen-bond acceptors (Lipinski definition) is 2. The number of halogens is 1. The van der Waals surface area contributed by atoms with E-state index < -0.39 is 0 Å². The van der Waals surface area contributed by atoms with Crippen molar-refractivity contribution in [2.24, 2.45) is 11.7 Å². The molecule has 100 valence electrons. The van der Waals surface area contributed by atoms with E-state index in [1.807, 2.05) is 25.1 Å². The van der Waals surface area contributed by atoms with Crippen molar-refractivity contribution in [2.75, 3.05) is 6.54 Å². The van der Waals surface area contributed by atoms with Gasteiger partial charge in [0, 0.05) is 10.9 Å². The minimum atomic E-state index is 0.261. The first kappa shape index (κ1) is 13.7. The molecule has 1 fully saturated rings. The monoisotopic (exact) mass is 267 g/mol. The first-order valence-corrected chi connectivity index (χ1v) is 7.21. The Balaban J connectivity index is 2.10. The SMILES string of the molecule is Cc1cc(Cl)ccc1OC1CCCCCC1CN. The summed E-state index contributed by atoms with van der Waals surface area (Å²) in [4.78, 5) is 0. The zero-order valence-electron chi connectivity index (χ0n) is 11.0. The predicted molar refractivity (Wildman–Crippen MR) is 76.2 cm³/mol. The third kappa shape index (κ3) is 3.39. The van der Waals surface area contributed by atoms with Crippen LogP contribution in [0, 0.1) is 12.8 Å². The van der Waals surface area contributed by atoms with Gasteiger partial charge in [-0.05, 0) is 56.5 Å². The van der Waals surface area contributed by atoms with Gasteiger partial charge in [0.2, 0.25) is 0 Å². The Labute approximate surface area is 114 Å². The van der Waals surface area contributed by atoms with Crippen LogP contribution in [0.2, 0.25) is 5.02 Å². The van der Waals surface area contributed by atoms with Crippen molar-refractivity contribution in [1.29, 1.82) is 0 Å². The molecule has 1 aliphatic carbocycles. The van der Waals surface area contributed by atoms with Crippen LogP contribution in [0.25, 0.3) is 0 Å². The molecule has 0 amide bonds. The van der Waals surface area contributed by atoms with Crippen molar-refractivity contribution < 1.29 is 4.74 Å². The highest BCUT2D eigenvalue weighted by molar-refractivity contribution is 6.30. The van der Waals surface area contributed by atoms with Crippen molar-refractivity contribution >= 4 is 11.6 Å². The van der Waals surface area contributed by atoms with Crippen molar-refractivity contribution in [3.05, 3.63) is 28.8 Å². The Bertz CT molecular complexity index is 394. The average Bonchev–Trinajstić information content (AvgIpc) is 2.57. The second-order valence-corrected chi connectivity index (χ2v) is 5.64. The van der Waals surface area contributed by atoms with E-state index in [-0.39, 0.29) is 6.10 Å². The molecule has 2 unspecified atom stereocenters. The van der Waals surface area contributed by atoms with Crippen LogP contribution < -0.4 is 10.5 Å². The van der Waals surface area contributed by atoms with Gasteiger partial charge in [-0.25, -0.2) is 0 Å². The molecule has 2 N–H and O–H groups in total. The molecule has 2 nitrogen and oxygen atoms in total. The Kier molecular flexibility index (Phi) is 4.90. The summed E-state index contributed by atoms with van der Waals surface area (Å²) < 4.78 is 6.19. The number of benzene rings is 1. The standard InChI is InChI=1S/C15H22ClNO/c1-11-9-13(16)7-8-14(11)18-15-6-4-2-3-5-12(15)10-17/h7-9,12,15H,2-6,10,17H2,1H3. The van der Waals surface area contributed by atoms with Gasteiger partial charge in [-0.2, -0.15) is 0 Å². The quantitative estimate of drug-likeness (QED) is 0.842. The van der Waals surface area contributed by atoms with Crippen LogP contribution in [0.15, 0.2) is 18.2 Å². The molecule has 0 spiro atoms. The predicted octanol–water partition coefficient (Wildman–Crippen LogP) is 3.93. The lowest BCUT2D eigenvalue weighted by molar-refractivity contribution is 0.129. The Morgan fingerprint density at radius 2 is 2.06 bits per heavy atom. The molecule has 0 aromatic heterocycles. The fourth-order valence-electron chi connectivity index (χ4n) is 2.68. The molecule has 0 aliphatic heterocycles. The number of rotatable bonds is 3. The minimum Gasteiger partial charge on any atom is -0.490 e. The van der Waals surface area contributed by atoms with E-state index >= 15 is 0 Å². The first-order chi connectivity index (χ1) is 8.70. The van der Waals surface area contributed by atoms with E-state index in [4.69, 9.17) is 22.1 Å². The van der Waals surface area contributed by atoms with Gasteiger partial charge < -0.3 is 10.5 Å². The highest BCUT2D eigenvalue weighted by atomic mass is 35.5. The van der Waals surface area contributed by atoms with Crippen LogP contribution in [-0.4, -0.2) is 12.6 Å². The average molecular weight is 268 g/mol. The summed E-state index contributed by atoms with van der Waals surface area (Å²) in [5.74, 6) is 1.44. The Hall–Kier alpha value is -0.730. The Morgan fingerprint density at radius 1 is 1.28 bits per heavy atom. The second kappa shape index (κ2) is 6.44. The summed E-state index contributed by atoms with van der Waals surface area (Å²) in [6, 6.07) is 5.80. The molecule has 1 aliphatic rings. The molecule has 2 rings (SSSR count). The van der Waals surface area contributed by atoms with Gasteiger partial charge >= 0.3 is 0 Å². The summed E-state index contributed by atoms with van der Waals surface area (Å²) in [5, 5.41) is 0.760. The van der Waals surface area contributed by atoms with Crippen molar-refractivity contribution in [3.63, 3.8) is 0 Å². The van der Waals surface area contributed by atoms with E-state index in [2.05, 4.69) is 0 Å². The normalized spacial score (nSPS) is 24.6. The topological polar surface area (TPSA) is 35.2 Å². The van der Waals surface area contributed by atoms with E-state index in [1.165, 1.54) is 25.7 Å². The molecule has 3 heteroatoms. The summed E-state index contributed by atoms with van der Waals surface area (Å²) >= 11 is 5.97. The van der Waals surface area contributed by atoms with Crippen molar-refractivity contribution in [2.45, 2.75) is 45.1 Å². The number of nitrogens with two attached hydrogens (primary N) is 1. The smallest absolute Gasteiger partial charge is 0.122 e. The summed E-state index contributed by atoms with van der Waals surface area (Å²) in [7, 11) is 0. The van der Waals surface area contributed by atoms with Gasteiger partial charge in [0.1, 0.15) is 11.9 Å². The van der Waals surface area contributed by atoms with Gasteiger partial charge in [0.05, 0.1) is 0 Å². The van der Waals surface area contributed by atoms with Gasteiger partial charge in [0.15, 0.2) is 0 Å². The van der Waals surface area contributed by atoms with Crippen LogP contribution in [0.4, 0.5) is 0 Å². The van der Waals surface area contributed by atoms with Crippen LogP contribution in [0.1, 0.15) is 37.7 Å².